The molecule has 4 heterocycles. The van der Waals surface area contributed by atoms with Gasteiger partial charge in [0, 0.05) is 84.4 Å². The van der Waals surface area contributed by atoms with Gasteiger partial charge in [-0.15, -0.1) is 22.7 Å². The molecule has 0 unspecified atom stereocenters. The molecule has 11 aromatic carbocycles. The Labute approximate surface area is 387 Å². The summed E-state index contributed by atoms with van der Waals surface area (Å²) < 4.78 is 10.2. The Morgan fingerprint density at radius 2 is 0.576 bits per heavy atom. The molecule has 0 N–H and O–H groups in total. The number of fused-ring (bicyclic) bond motifs is 14. The summed E-state index contributed by atoms with van der Waals surface area (Å²) in [6.07, 6.45) is 0. The second kappa shape index (κ2) is 13.7. The van der Waals surface area contributed by atoms with Crippen molar-refractivity contribution in [3.05, 3.63) is 218 Å². The van der Waals surface area contributed by atoms with Crippen LogP contribution in [0.5, 0.6) is 0 Å². The highest BCUT2D eigenvalue weighted by Gasteiger charge is 2.24. The Hall–Kier alpha value is -8.02. The number of benzene rings is 11. The molecule has 4 heteroatoms. The van der Waals surface area contributed by atoms with E-state index in [1.165, 1.54) is 128 Å². The SMILES string of the molecule is c1ccc2c(c1)sc1c(-c3c4ccc(-n5c6ccccc6c6ccccc65)cc4c(-c4cccc5c4sc4ccccc45)c4ccc(-n5c6ccccc6c6ccccc65)cc34)cccc12. The van der Waals surface area contributed by atoms with Crippen LogP contribution in [0, 0.1) is 0 Å². The van der Waals surface area contributed by atoms with Crippen LogP contribution in [0.1, 0.15) is 0 Å². The fourth-order valence-electron chi connectivity index (χ4n) is 11.4. The van der Waals surface area contributed by atoms with Crippen molar-refractivity contribution in [2.45, 2.75) is 0 Å². The van der Waals surface area contributed by atoms with Gasteiger partial charge in [0.25, 0.3) is 0 Å². The molecule has 4 aromatic heterocycles. The van der Waals surface area contributed by atoms with E-state index in [0.29, 0.717) is 0 Å². The highest BCUT2D eigenvalue weighted by atomic mass is 32.1. The highest BCUT2D eigenvalue weighted by Crippen LogP contribution is 2.51. The van der Waals surface area contributed by atoms with Crippen LogP contribution in [-0.2, 0) is 0 Å². The van der Waals surface area contributed by atoms with Gasteiger partial charge in [-0.2, -0.15) is 0 Å². The molecule has 306 valence electrons. The molecular formula is C62H36N2S2. The van der Waals surface area contributed by atoms with Gasteiger partial charge in [0.05, 0.1) is 22.1 Å². The van der Waals surface area contributed by atoms with E-state index >= 15 is 0 Å². The van der Waals surface area contributed by atoms with Crippen LogP contribution in [0.4, 0.5) is 0 Å². The molecule has 0 aliphatic carbocycles. The van der Waals surface area contributed by atoms with Gasteiger partial charge in [0.1, 0.15) is 0 Å². The third-order valence-corrected chi connectivity index (χ3v) is 16.5. The van der Waals surface area contributed by atoms with Crippen LogP contribution >= 0.6 is 22.7 Å². The number of hydrogen-bond acceptors (Lipinski definition) is 2. The quantitative estimate of drug-likeness (QED) is 0.156. The van der Waals surface area contributed by atoms with E-state index in [9.17, 15) is 0 Å². The fourth-order valence-corrected chi connectivity index (χ4v) is 13.8. The maximum Gasteiger partial charge on any atom is 0.0541 e. The van der Waals surface area contributed by atoms with Crippen LogP contribution in [0.15, 0.2) is 218 Å². The minimum absolute atomic E-state index is 1.15. The summed E-state index contributed by atoms with van der Waals surface area (Å²) in [5.74, 6) is 0. The van der Waals surface area contributed by atoms with Gasteiger partial charge in [0.2, 0.25) is 0 Å². The van der Waals surface area contributed by atoms with Crippen molar-refractivity contribution in [1.82, 2.24) is 9.13 Å². The van der Waals surface area contributed by atoms with Gasteiger partial charge >= 0.3 is 0 Å². The average molecular weight is 873 g/mol. The van der Waals surface area contributed by atoms with Crippen molar-refractivity contribution < 1.29 is 0 Å². The van der Waals surface area contributed by atoms with Gasteiger partial charge in [0.15, 0.2) is 0 Å². The van der Waals surface area contributed by atoms with E-state index in [1.54, 1.807) is 0 Å². The van der Waals surface area contributed by atoms with Crippen LogP contribution in [0.25, 0.3) is 139 Å². The molecule has 2 nitrogen and oxygen atoms in total. The van der Waals surface area contributed by atoms with Crippen LogP contribution < -0.4 is 0 Å². The van der Waals surface area contributed by atoms with Crippen LogP contribution in [0.2, 0.25) is 0 Å². The van der Waals surface area contributed by atoms with Crippen molar-refractivity contribution in [2.75, 3.05) is 0 Å². The normalized spacial score (nSPS) is 12.2. The number of hydrogen-bond donors (Lipinski definition) is 0. The minimum Gasteiger partial charge on any atom is -0.309 e. The van der Waals surface area contributed by atoms with Crippen molar-refractivity contribution in [3.8, 4) is 33.6 Å². The summed E-state index contributed by atoms with van der Waals surface area (Å²) in [6, 6.07) is 81.6. The standard InChI is InChI=1S/C62H36N2S2/c1-7-25-53-39(15-1)40-16-2-8-26-54(40)63(53)37-31-33-45-51(35-37)59(49-23-13-21-47-43-19-5-11-29-57(43)65-61(47)49)46-34-32-38(64-55-27-9-3-17-41(55)42-18-4-10-28-56(42)64)36-52(46)60(45)50-24-14-22-48-44-20-6-12-30-58(44)66-62(48)50/h1-36H. The summed E-state index contributed by atoms with van der Waals surface area (Å²) in [6.45, 7) is 0. The fraction of sp³-hybridized carbons (Fsp3) is 0. The van der Waals surface area contributed by atoms with E-state index in [0.717, 1.165) is 11.4 Å². The molecule has 0 spiro atoms. The Morgan fingerprint density at radius 1 is 0.242 bits per heavy atom. The number of para-hydroxylation sites is 4. The van der Waals surface area contributed by atoms with E-state index in [-0.39, 0.29) is 0 Å². The molecule has 66 heavy (non-hydrogen) atoms. The Balaban J connectivity index is 1.14. The Kier molecular flexibility index (Phi) is 7.57. The predicted molar refractivity (Wildman–Crippen MR) is 287 cm³/mol. The Bertz CT molecular complexity index is 4140. The molecule has 0 fully saturated rings. The van der Waals surface area contributed by atoms with E-state index in [4.69, 9.17) is 0 Å². The van der Waals surface area contributed by atoms with Gasteiger partial charge < -0.3 is 9.13 Å². The van der Waals surface area contributed by atoms with Gasteiger partial charge in [-0.1, -0.05) is 158 Å². The molecule has 0 bridgehead atoms. The van der Waals surface area contributed by atoms with E-state index in [2.05, 4.69) is 228 Å². The van der Waals surface area contributed by atoms with Crippen LogP contribution in [-0.4, -0.2) is 9.13 Å². The molecule has 0 radical (unpaired) electrons. The molecule has 0 aliphatic heterocycles. The number of thiophene rings is 2. The maximum absolute atomic E-state index is 2.49. The zero-order chi connectivity index (χ0) is 43.0. The first-order valence-corrected chi connectivity index (χ1v) is 24.2. The smallest absolute Gasteiger partial charge is 0.0541 e. The lowest BCUT2D eigenvalue weighted by atomic mass is 9.85. The largest absolute Gasteiger partial charge is 0.309 e. The highest BCUT2D eigenvalue weighted by molar-refractivity contribution is 7.26. The second-order valence-corrected chi connectivity index (χ2v) is 19.6. The lowest BCUT2D eigenvalue weighted by Crippen LogP contribution is -1.98. The topological polar surface area (TPSA) is 9.86 Å². The lowest BCUT2D eigenvalue weighted by Gasteiger charge is -2.21. The molecule has 15 aromatic rings. The summed E-state index contributed by atoms with van der Waals surface area (Å²) in [7, 11) is 0. The summed E-state index contributed by atoms with van der Waals surface area (Å²) in [5.41, 5.74) is 12.2. The molecule has 0 aliphatic rings. The third kappa shape index (κ3) is 5.00. The Morgan fingerprint density at radius 3 is 0.970 bits per heavy atom. The minimum atomic E-state index is 1.15. The van der Waals surface area contributed by atoms with Gasteiger partial charge in [-0.25, -0.2) is 0 Å². The molecule has 15 rings (SSSR count). The van der Waals surface area contributed by atoms with E-state index in [1.807, 2.05) is 22.7 Å². The average Bonchev–Trinajstić information content (AvgIpc) is 4.14. The monoisotopic (exact) mass is 872 g/mol. The molecule has 0 atom stereocenters. The zero-order valence-corrected chi connectivity index (χ0v) is 37.1. The second-order valence-electron chi connectivity index (χ2n) is 17.5. The molecular weight excluding hydrogens is 837 g/mol. The van der Waals surface area contributed by atoms with Crippen molar-refractivity contribution in [3.63, 3.8) is 0 Å². The van der Waals surface area contributed by atoms with Gasteiger partial charge in [-0.05, 0) is 93.3 Å². The van der Waals surface area contributed by atoms with Crippen molar-refractivity contribution >= 4 is 128 Å². The predicted octanol–water partition coefficient (Wildman–Crippen LogP) is 18.3. The third-order valence-electron chi connectivity index (χ3n) is 14.1. The lowest BCUT2D eigenvalue weighted by molar-refractivity contribution is 1.18. The summed E-state index contributed by atoms with van der Waals surface area (Å²) in [5, 5.41) is 15.2. The summed E-state index contributed by atoms with van der Waals surface area (Å²) >= 11 is 3.81. The van der Waals surface area contributed by atoms with E-state index < -0.39 is 0 Å². The van der Waals surface area contributed by atoms with Crippen LogP contribution in [0.3, 0.4) is 0 Å². The molecule has 0 saturated carbocycles. The molecule has 0 saturated heterocycles. The first kappa shape index (κ1) is 36.3. The first-order valence-electron chi connectivity index (χ1n) is 22.6. The van der Waals surface area contributed by atoms with Gasteiger partial charge in [-0.3, -0.25) is 0 Å². The molecule has 0 amide bonds. The first-order chi connectivity index (χ1) is 32.8. The number of rotatable bonds is 4. The summed E-state index contributed by atoms with van der Waals surface area (Å²) in [4.78, 5) is 0. The number of aromatic nitrogens is 2. The number of nitrogens with zero attached hydrogens (tertiary/aromatic N) is 2. The maximum atomic E-state index is 2.49. The zero-order valence-electron chi connectivity index (χ0n) is 35.5. The van der Waals surface area contributed by atoms with Crippen molar-refractivity contribution in [2.24, 2.45) is 0 Å². The van der Waals surface area contributed by atoms with Crippen molar-refractivity contribution in [1.29, 1.82) is 0 Å².